The van der Waals surface area contributed by atoms with Crippen LogP contribution in [-0.2, 0) is 28.8 Å². The molecular weight excluding hydrogens is 481 g/mol. The highest BCUT2D eigenvalue weighted by Crippen LogP contribution is 2.13. The lowest BCUT2D eigenvalue weighted by Crippen LogP contribution is -2.31. The number of hydroxylamine groups is 2. The molecule has 0 atom stereocenters. The zero-order chi connectivity index (χ0) is 20.8. The maximum atomic E-state index is 11.7. The molecule has 158 valence electrons. The van der Waals surface area contributed by atoms with Crippen LogP contribution in [0.25, 0.3) is 0 Å². The van der Waals surface area contributed by atoms with E-state index in [1.54, 1.807) is 0 Å². The normalized spacial score (nSPS) is 13.5. The minimum atomic E-state index is -0.595. The molecule has 0 radical (unpaired) electrons. The average molecular weight is 509 g/mol. The van der Waals surface area contributed by atoms with E-state index in [0.717, 1.165) is 32.1 Å². The number of rotatable bonds is 14. The fourth-order valence-electron chi connectivity index (χ4n) is 2.56. The van der Waals surface area contributed by atoms with Crippen LogP contribution in [0.2, 0.25) is 0 Å². The second-order valence-corrected chi connectivity index (χ2v) is 7.26. The van der Waals surface area contributed by atoms with Gasteiger partial charge in [0.05, 0.1) is 4.43 Å². The number of amides is 4. The molecule has 2 N–H and O–H groups in total. The highest BCUT2D eigenvalue weighted by molar-refractivity contribution is 14.1. The molecule has 0 spiro atoms. The van der Waals surface area contributed by atoms with Crippen molar-refractivity contribution < 1.29 is 28.8 Å². The number of carbonyl (C=O) groups excluding carboxylic acids is 5. The number of hydrogen-bond donors (Lipinski definition) is 2. The van der Waals surface area contributed by atoms with Gasteiger partial charge in [-0.15, -0.1) is 5.06 Å². The second-order valence-electron chi connectivity index (χ2n) is 6.50. The zero-order valence-electron chi connectivity index (χ0n) is 16.0. The molecule has 9 nitrogen and oxygen atoms in total. The highest BCUT2D eigenvalue weighted by atomic mass is 127. The van der Waals surface area contributed by atoms with E-state index in [2.05, 4.69) is 10.6 Å². The summed E-state index contributed by atoms with van der Waals surface area (Å²) in [6.07, 6.45) is 5.32. The van der Waals surface area contributed by atoms with E-state index in [1.165, 1.54) is 0 Å². The lowest BCUT2D eigenvalue weighted by molar-refractivity contribution is -0.197. The van der Waals surface area contributed by atoms with E-state index < -0.39 is 17.8 Å². The molecule has 0 unspecified atom stereocenters. The van der Waals surface area contributed by atoms with Gasteiger partial charge in [0.25, 0.3) is 11.8 Å². The highest BCUT2D eigenvalue weighted by Gasteiger charge is 2.32. The smallest absolute Gasteiger partial charge is 0.333 e. The Hall–Kier alpha value is -1.72. The lowest BCUT2D eigenvalue weighted by Gasteiger charge is -2.12. The topological polar surface area (TPSA) is 122 Å². The number of alkyl halides is 1. The molecule has 28 heavy (non-hydrogen) atoms. The number of halogens is 1. The van der Waals surface area contributed by atoms with Crippen LogP contribution in [0.4, 0.5) is 0 Å². The van der Waals surface area contributed by atoms with Crippen LogP contribution in [-0.4, -0.2) is 52.2 Å². The van der Waals surface area contributed by atoms with Gasteiger partial charge in [0, 0.05) is 38.8 Å². The van der Waals surface area contributed by atoms with Crippen molar-refractivity contribution in [1.29, 1.82) is 0 Å². The fourth-order valence-corrected chi connectivity index (χ4v) is 2.82. The summed E-state index contributed by atoms with van der Waals surface area (Å²) in [7, 11) is 0. The van der Waals surface area contributed by atoms with E-state index in [9.17, 15) is 24.0 Å². The second kappa shape index (κ2) is 14.3. The van der Waals surface area contributed by atoms with Crippen molar-refractivity contribution >= 4 is 52.2 Å². The van der Waals surface area contributed by atoms with Crippen LogP contribution in [0.15, 0.2) is 0 Å². The Morgan fingerprint density at radius 2 is 1.36 bits per heavy atom. The first-order chi connectivity index (χ1) is 13.4. The summed E-state index contributed by atoms with van der Waals surface area (Å²) in [6, 6.07) is 0. The zero-order valence-corrected chi connectivity index (χ0v) is 18.1. The molecule has 0 bridgehead atoms. The fraction of sp³-hybridized carbons (Fsp3) is 0.722. The molecule has 0 aromatic carbocycles. The van der Waals surface area contributed by atoms with E-state index >= 15 is 0 Å². The third kappa shape index (κ3) is 10.6. The molecule has 1 aliphatic heterocycles. The van der Waals surface area contributed by atoms with Gasteiger partial charge in [-0.2, -0.15) is 0 Å². The summed E-state index contributed by atoms with van der Waals surface area (Å²) < 4.78 is 0.457. The van der Waals surface area contributed by atoms with E-state index in [1.807, 2.05) is 22.6 Å². The van der Waals surface area contributed by atoms with Crippen LogP contribution in [0.1, 0.15) is 64.2 Å². The minimum absolute atomic E-state index is 0.00163. The quantitative estimate of drug-likeness (QED) is 0.158. The van der Waals surface area contributed by atoms with E-state index in [-0.39, 0.29) is 31.1 Å². The molecule has 1 saturated heterocycles. The van der Waals surface area contributed by atoms with Crippen molar-refractivity contribution in [3.8, 4) is 0 Å². The minimum Gasteiger partial charge on any atom is -0.356 e. The van der Waals surface area contributed by atoms with Crippen molar-refractivity contribution in [3.05, 3.63) is 0 Å². The third-order valence-electron chi connectivity index (χ3n) is 4.10. The van der Waals surface area contributed by atoms with Gasteiger partial charge in [0.2, 0.25) is 11.8 Å². The van der Waals surface area contributed by atoms with Crippen LogP contribution < -0.4 is 10.6 Å². The average Bonchev–Trinajstić information content (AvgIpc) is 2.98. The van der Waals surface area contributed by atoms with Gasteiger partial charge in [0.15, 0.2) is 0 Å². The number of unbranched alkanes of at least 4 members (excludes halogenated alkanes) is 4. The molecule has 0 saturated carbocycles. The molecule has 0 aliphatic carbocycles. The summed E-state index contributed by atoms with van der Waals surface area (Å²) in [4.78, 5) is 61.8. The van der Waals surface area contributed by atoms with Crippen LogP contribution >= 0.6 is 22.6 Å². The Labute approximate surface area is 178 Å². The van der Waals surface area contributed by atoms with Crippen LogP contribution in [0, 0.1) is 0 Å². The molecule has 1 aliphatic rings. The van der Waals surface area contributed by atoms with Gasteiger partial charge in [-0.3, -0.25) is 19.2 Å². The molecular formula is C18H28IN3O6. The van der Waals surface area contributed by atoms with Crippen molar-refractivity contribution in [1.82, 2.24) is 15.7 Å². The number of hydrogen-bond acceptors (Lipinski definition) is 6. The Bertz CT molecular complexity index is 554. The molecule has 10 heteroatoms. The summed E-state index contributed by atoms with van der Waals surface area (Å²) >= 11 is 2.01. The number of nitrogens with one attached hydrogen (secondary N) is 2. The van der Waals surface area contributed by atoms with Crippen molar-refractivity contribution in [2.75, 3.05) is 17.5 Å². The number of nitrogens with zero attached hydrogens (tertiary/aromatic N) is 1. The molecule has 1 heterocycles. The third-order valence-corrected chi connectivity index (χ3v) is 4.80. The summed E-state index contributed by atoms with van der Waals surface area (Å²) in [5, 5.41) is 6.18. The number of carbonyl (C=O) groups is 5. The molecule has 0 aromatic rings. The van der Waals surface area contributed by atoms with Crippen molar-refractivity contribution in [2.24, 2.45) is 0 Å². The Balaban J connectivity index is 1.93. The van der Waals surface area contributed by atoms with Gasteiger partial charge in [-0.05, 0) is 25.7 Å². The van der Waals surface area contributed by atoms with Crippen molar-refractivity contribution in [3.63, 3.8) is 0 Å². The van der Waals surface area contributed by atoms with Crippen molar-refractivity contribution in [2.45, 2.75) is 64.2 Å². The van der Waals surface area contributed by atoms with E-state index in [4.69, 9.17) is 4.84 Å². The maximum absolute atomic E-state index is 11.7. The Morgan fingerprint density at radius 1 is 0.821 bits per heavy atom. The molecule has 0 aromatic heterocycles. The van der Waals surface area contributed by atoms with E-state index in [0.29, 0.717) is 35.4 Å². The molecule has 4 amide bonds. The Kier molecular flexibility index (Phi) is 12.4. The first-order valence-electron chi connectivity index (χ1n) is 9.60. The largest absolute Gasteiger partial charge is 0.356 e. The molecule has 1 rings (SSSR count). The summed E-state index contributed by atoms with van der Waals surface area (Å²) in [5.41, 5.74) is 0. The SMILES string of the molecule is O=C(CI)NCCCCCC(=O)NCCCCCC(=O)ON1C(=O)CCC1=O. The predicted molar refractivity (Wildman–Crippen MR) is 109 cm³/mol. The summed E-state index contributed by atoms with van der Waals surface area (Å²) in [6.45, 7) is 1.19. The predicted octanol–water partition coefficient (Wildman–Crippen LogP) is 1.38. The van der Waals surface area contributed by atoms with Crippen LogP contribution in [0.5, 0.6) is 0 Å². The molecule has 1 fully saturated rings. The van der Waals surface area contributed by atoms with Gasteiger partial charge >= 0.3 is 5.97 Å². The van der Waals surface area contributed by atoms with Gasteiger partial charge in [-0.1, -0.05) is 35.4 Å². The number of imide groups is 1. The van der Waals surface area contributed by atoms with Gasteiger partial charge in [0.1, 0.15) is 0 Å². The standard InChI is InChI=1S/C18H28IN3O6/c19-13-15(24)21-12-5-1-3-7-14(23)20-11-6-2-4-8-18(27)28-22-16(25)9-10-17(22)26/h1-13H2,(H,20,23)(H,21,24). The maximum Gasteiger partial charge on any atom is 0.333 e. The monoisotopic (exact) mass is 509 g/mol. The van der Waals surface area contributed by atoms with Gasteiger partial charge in [-0.25, -0.2) is 4.79 Å². The van der Waals surface area contributed by atoms with Gasteiger partial charge < -0.3 is 15.5 Å². The summed E-state index contributed by atoms with van der Waals surface area (Å²) in [5.74, 6) is -1.52. The first-order valence-corrected chi connectivity index (χ1v) is 11.1. The Morgan fingerprint density at radius 3 is 1.93 bits per heavy atom. The lowest BCUT2D eigenvalue weighted by atomic mass is 10.1. The first kappa shape index (κ1) is 24.3. The van der Waals surface area contributed by atoms with Crippen LogP contribution in [0.3, 0.4) is 0 Å².